The zero-order valence-electron chi connectivity index (χ0n) is 32.1. The third kappa shape index (κ3) is 141. The third-order valence-corrected chi connectivity index (χ3v) is 3.95. The van der Waals surface area contributed by atoms with Crippen LogP contribution in [0.5, 0.6) is 0 Å². The number of halogens is 8. The summed E-state index contributed by atoms with van der Waals surface area (Å²) in [5.74, 6) is -3.38. The molecule has 0 aromatic heterocycles. The Hall–Kier alpha value is 2.14. The summed E-state index contributed by atoms with van der Waals surface area (Å²) in [5, 5.41) is 42.5. The molecule has 0 aromatic carbocycles. The van der Waals surface area contributed by atoms with Crippen LogP contribution in [0.2, 0.25) is 0 Å². The number of alkyl halides is 7. The lowest BCUT2D eigenvalue weighted by molar-refractivity contribution is -0.138. The lowest BCUT2D eigenvalue weighted by Crippen LogP contribution is -2.41. The molecule has 0 saturated carbocycles. The van der Waals surface area contributed by atoms with E-state index in [2.05, 4.69) is 193 Å². The average Bonchev–Trinajstić information content (AvgIpc) is 3.01. The van der Waals surface area contributed by atoms with Crippen LogP contribution in [0.3, 0.4) is 0 Å². The molecule has 0 bridgehead atoms. The Morgan fingerprint density at radius 3 is 1.02 bits per heavy atom. The Morgan fingerprint density at radius 1 is 0.636 bits per heavy atom. The highest BCUT2D eigenvalue weighted by atomic mass is 127. The number of rotatable bonds is 12. The summed E-state index contributed by atoms with van der Waals surface area (Å²) in [6.45, 7) is 14.5. The number of carbonyl (C=O) groups is 6. The van der Waals surface area contributed by atoms with Crippen molar-refractivity contribution in [3.05, 3.63) is 0 Å². The zero-order valence-corrected chi connectivity index (χ0v) is 49.5. The maximum atomic E-state index is 11.2. The first-order valence-corrected chi connectivity index (χ1v) is 23.5. The molecule has 0 heterocycles. The molecule has 0 unspecified atom stereocenters. The number of urea groups is 2. The Kier molecular flexibility index (Phi) is 100. The molecule has 0 spiro atoms. The van der Waals surface area contributed by atoms with Gasteiger partial charge in [-0.2, -0.15) is 0 Å². The van der Waals surface area contributed by atoms with E-state index in [0.29, 0.717) is 19.1 Å². The summed E-state index contributed by atoms with van der Waals surface area (Å²) in [5.41, 5.74) is 0. The van der Waals surface area contributed by atoms with Crippen LogP contribution in [-0.4, -0.2) is 162 Å². The van der Waals surface area contributed by atoms with Gasteiger partial charge in [0.1, 0.15) is 5.92 Å². The van der Waals surface area contributed by atoms with Gasteiger partial charge in [0.2, 0.25) is 0 Å². The summed E-state index contributed by atoms with van der Waals surface area (Å²) in [6, 6.07) is -0.435. The highest BCUT2D eigenvalue weighted by Gasteiger charge is 2.14. The fourth-order valence-electron chi connectivity index (χ4n) is 1.63. The molecule has 0 aliphatic rings. The number of carboxylic acids is 4. The number of likely N-dealkylation sites (N-methyl/N-ethyl adjacent to an activating group) is 4. The molecule has 8 N–H and O–H groups in total. The Labute approximate surface area is 444 Å². The topological polar surface area (TPSA) is 241 Å². The smallest absolute Gasteiger partial charge is 0.323 e. The van der Waals surface area contributed by atoms with Crippen molar-refractivity contribution in [1.29, 1.82) is 0 Å². The molecule has 0 aliphatic carbocycles. The zero-order chi connectivity index (χ0) is 43.5. The molecule has 0 atom stereocenters. The van der Waals surface area contributed by atoms with Crippen molar-refractivity contribution < 1.29 is 49.2 Å². The van der Waals surface area contributed by atoms with Crippen molar-refractivity contribution >= 4 is 218 Å². The standard InChI is InChI=1S/C7H14N2O3.C5H11NO2.2C4H9NO2.C3H8N2O.C2H3I3.C2H5I.CHI3.2CH4.HI/c1-4-8(2)7(12)9(3)5-6(10)11;1-3-6(2)4-5(7)8;2*1-2-5-3-4(6)7;1-4-3(6)5-2;1-2(3,4)5;1-2-3;2-1(3)4;;;/h4-5H2,1-3H3,(H,10,11);3-4H2,1-2H3,(H,7,8);2*5H,2-3H2,1H3,(H,6,7);1-2H3,(H2,4,5,6);1H3;2H2,1H3;1H;2*1H4;1H. The minimum atomic E-state index is -1.00. The van der Waals surface area contributed by atoms with E-state index in [-0.39, 0.29) is 77.1 Å². The second-order valence-corrected chi connectivity index (χ2v) is 33.8. The minimum absolute atomic E-state index is 0. The van der Waals surface area contributed by atoms with Crippen LogP contribution in [0.1, 0.15) is 56.4 Å². The number of hydrogen-bond acceptors (Lipinski definition) is 9. The van der Waals surface area contributed by atoms with E-state index in [1.54, 1.807) is 33.1 Å². The van der Waals surface area contributed by atoms with Crippen molar-refractivity contribution in [2.75, 3.05) is 92.0 Å². The van der Waals surface area contributed by atoms with E-state index in [4.69, 9.17) is 20.4 Å². The number of amides is 4. The van der Waals surface area contributed by atoms with Gasteiger partial charge in [-0.15, -0.1) is 24.0 Å². The molecular formula is C30H69I8N7O10. The number of aliphatic carboxylic acids is 4. The predicted octanol–water partition coefficient (Wildman–Crippen LogP) is 7.88. The van der Waals surface area contributed by atoms with E-state index in [1.807, 2.05) is 27.7 Å². The maximum absolute atomic E-state index is 11.2. The number of carboxylic acid groups (broad SMARTS) is 4. The largest absolute Gasteiger partial charge is 0.480 e. The maximum Gasteiger partial charge on any atom is 0.323 e. The first-order valence-electron chi connectivity index (χ1n) is 15.0. The van der Waals surface area contributed by atoms with Gasteiger partial charge in [0.05, 0.1) is 19.6 Å². The molecular weight excluding hydrogens is 1630 g/mol. The summed E-state index contributed by atoms with van der Waals surface area (Å²) in [6.07, 6.45) is 0. The molecule has 0 fully saturated rings. The molecule has 55 heavy (non-hydrogen) atoms. The number of nitrogens with zero attached hydrogens (tertiary/aromatic N) is 3. The van der Waals surface area contributed by atoms with Crippen molar-refractivity contribution in [3.8, 4) is 0 Å². The molecule has 340 valence electrons. The van der Waals surface area contributed by atoms with Crippen LogP contribution in [0.15, 0.2) is 0 Å². The van der Waals surface area contributed by atoms with Crippen molar-refractivity contribution in [1.82, 2.24) is 36.0 Å². The highest BCUT2D eigenvalue weighted by molar-refractivity contribution is 14.3. The van der Waals surface area contributed by atoms with Gasteiger partial charge in [-0.25, -0.2) is 9.59 Å². The first-order chi connectivity index (χ1) is 23.6. The normalized spacial score (nSPS) is 8.51. The van der Waals surface area contributed by atoms with Gasteiger partial charge in [0.25, 0.3) is 0 Å². The second kappa shape index (κ2) is 65.3. The van der Waals surface area contributed by atoms with Gasteiger partial charge in [-0.3, -0.25) is 24.1 Å². The molecule has 25 heteroatoms. The van der Waals surface area contributed by atoms with Gasteiger partial charge >= 0.3 is 35.9 Å². The Morgan fingerprint density at radius 2 is 0.909 bits per heavy atom. The van der Waals surface area contributed by atoms with Crippen molar-refractivity contribution in [2.45, 2.75) is 55.8 Å². The quantitative estimate of drug-likeness (QED) is 0.0686. The molecule has 4 amide bonds. The second-order valence-electron chi connectivity index (χ2n) is 8.74. The molecule has 0 saturated heterocycles. The van der Waals surface area contributed by atoms with Crippen LogP contribution in [0, 0.1) is 0 Å². The van der Waals surface area contributed by atoms with Crippen LogP contribution >= 0.6 is 182 Å². The van der Waals surface area contributed by atoms with Gasteiger partial charge in [-0.05, 0) is 45.0 Å². The first kappa shape index (κ1) is 84.6. The lowest BCUT2D eigenvalue weighted by Gasteiger charge is -2.21. The number of carbonyl (C=O) groups excluding carboxylic acids is 2. The van der Waals surface area contributed by atoms with Crippen molar-refractivity contribution in [3.63, 3.8) is 0 Å². The van der Waals surface area contributed by atoms with Gasteiger partial charge in [-0.1, -0.05) is 201 Å². The van der Waals surface area contributed by atoms with Gasteiger partial charge in [0, 0.05) is 34.7 Å². The monoisotopic (exact) mass is 1700 g/mol. The molecule has 17 nitrogen and oxygen atoms in total. The molecule has 0 rings (SSSR count). The van der Waals surface area contributed by atoms with Gasteiger partial charge in [0.15, 0.2) is 0 Å². The van der Waals surface area contributed by atoms with Crippen LogP contribution in [0.4, 0.5) is 9.59 Å². The van der Waals surface area contributed by atoms with Crippen LogP contribution < -0.4 is 21.3 Å². The van der Waals surface area contributed by atoms with Crippen LogP contribution in [0.25, 0.3) is 0 Å². The minimum Gasteiger partial charge on any atom is -0.480 e. The van der Waals surface area contributed by atoms with E-state index in [1.165, 1.54) is 16.4 Å². The Balaban J connectivity index is -0.0000000457. The molecule has 0 radical (unpaired) electrons. The number of hydrogen-bond donors (Lipinski definition) is 8. The SMILES string of the molecule is C.C.CC(I)(I)I.CCI.CCN(C)C(=O)N(C)CC(=O)O.CCN(C)CC(=O)O.CCNCC(=O)O.CCNCC(=O)O.CNC(=O)NC.I.IC(I)I. The summed E-state index contributed by atoms with van der Waals surface area (Å²) in [4.78, 5) is 65.0. The van der Waals surface area contributed by atoms with E-state index >= 15 is 0 Å². The van der Waals surface area contributed by atoms with Crippen molar-refractivity contribution in [2.24, 2.45) is 0 Å². The number of nitrogens with one attached hydrogen (secondary N) is 4. The highest BCUT2D eigenvalue weighted by Crippen LogP contribution is 2.33. The predicted molar refractivity (Wildman–Crippen MR) is 300 cm³/mol. The summed E-state index contributed by atoms with van der Waals surface area (Å²) < 4.78 is 2.37. The summed E-state index contributed by atoms with van der Waals surface area (Å²) >= 11 is 16.3. The molecule has 0 aromatic rings. The summed E-state index contributed by atoms with van der Waals surface area (Å²) in [7, 11) is 8.00. The molecule has 0 aliphatic heterocycles. The Bertz CT molecular complexity index is 838. The lowest BCUT2D eigenvalue weighted by atomic mass is 10.5. The van der Waals surface area contributed by atoms with Gasteiger partial charge < -0.3 is 51.5 Å². The van der Waals surface area contributed by atoms with E-state index in [0.717, 1.165) is 11.4 Å². The fraction of sp³-hybridized carbons (Fsp3) is 0.800. The fourth-order valence-corrected chi connectivity index (χ4v) is 1.63. The van der Waals surface area contributed by atoms with E-state index < -0.39 is 23.9 Å². The van der Waals surface area contributed by atoms with Crippen LogP contribution in [-0.2, 0) is 19.2 Å². The average molecular weight is 1700 g/mol. The third-order valence-electron chi connectivity index (χ3n) is 3.95. The van der Waals surface area contributed by atoms with E-state index in [9.17, 15) is 28.8 Å².